The van der Waals surface area contributed by atoms with Gasteiger partial charge in [0.2, 0.25) is 0 Å². The van der Waals surface area contributed by atoms with Gasteiger partial charge in [0, 0.05) is 9.86 Å². The van der Waals surface area contributed by atoms with Gasteiger partial charge in [0.15, 0.2) is 0 Å². The smallest absolute Gasteiger partial charge is 0.325 e. The molecule has 0 amide bonds. The Kier molecular flexibility index (Phi) is 3.28. The van der Waals surface area contributed by atoms with E-state index in [0.717, 1.165) is 15.4 Å². The minimum atomic E-state index is -0.906. The Labute approximate surface area is 107 Å². The molecule has 88 valence electrons. The zero-order chi connectivity index (χ0) is 12.4. The zero-order valence-corrected chi connectivity index (χ0v) is 10.7. The average molecular weight is 295 g/mol. The first-order valence-corrected chi connectivity index (χ1v) is 5.92. The lowest BCUT2D eigenvalue weighted by Crippen LogP contribution is -2.25. The number of anilines is 1. The molecule has 0 bridgehead atoms. The molecule has 2 N–H and O–H groups in total. The van der Waals surface area contributed by atoms with E-state index >= 15 is 0 Å². The Balaban J connectivity index is 2.40. The second-order valence-electron chi connectivity index (χ2n) is 3.71. The predicted octanol–water partition coefficient (Wildman–Crippen LogP) is 2.88. The van der Waals surface area contributed by atoms with Crippen molar-refractivity contribution in [3.63, 3.8) is 0 Å². The van der Waals surface area contributed by atoms with Crippen molar-refractivity contribution in [2.45, 2.75) is 13.0 Å². The Morgan fingerprint density at radius 1 is 1.47 bits per heavy atom. The monoisotopic (exact) mass is 294 g/mol. The molecule has 17 heavy (non-hydrogen) atoms. The van der Waals surface area contributed by atoms with Crippen LogP contribution in [0, 0.1) is 0 Å². The molecule has 2 rings (SSSR count). The minimum Gasteiger partial charge on any atom is -0.480 e. The first-order chi connectivity index (χ1) is 8.08. The molecule has 4 nitrogen and oxygen atoms in total. The summed E-state index contributed by atoms with van der Waals surface area (Å²) in [6.07, 6.45) is 0. The van der Waals surface area contributed by atoms with E-state index in [-0.39, 0.29) is 0 Å². The molecule has 1 aromatic heterocycles. The molecule has 0 spiro atoms. The normalized spacial score (nSPS) is 12.4. The molecule has 0 aliphatic heterocycles. The highest BCUT2D eigenvalue weighted by Crippen LogP contribution is 2.25. The molecule has 0 saturated carbocycles. The van der Waals surface area contributed by atoms with E-state index in [0.29, 0.717) is 5.82 Å². The summed E-state index contributed by atoms with van der Waals surface area (Å²) in [5.74, 6) is -0.360. The average Bonchev–Trinajstić information content (AvgIpc) is 2.29. The van der Waals surface area contributed by atoms with E-state index in [1.807, 2.05) is 24.3 Å². The Hall–Kier alpha value is -1.62. The molecular formula is C12H11BrN2O2. The summed E-state index contributed by atoms with van der Waals surface area (Å²) in [5, 5.41) is 12.7. The first-order valence-electron chi connectivity index (χ1n) is 5.12. The number of carbonyl (C=O) groups is 1. The van der Waals surface area contributed by atoms with Crippen LogP contribution in [0.5, 0.6) is 0 Å². The lowest BCUT2D eigenvalue weighted by Gasteiger charge is -2.11. The van der Waals surface area contributed by atoms with E-state index in [1.165, 1.54) is 0 Å². The number of hydrogen-bond donors (Lipinski definition) is 2. The Bertz CT molecular complexity index is 571. The molecular weight excluding hydrogens is 284 g/mol. The summed E-state index contributed by atoms with van der Waals surface area (Å²) < 4.78 is 0.892. The molecule has 1 heterocycles. The summed E-state index contributed by atoms with van der Waals surface area (Å²) >= 11 is 3.45. The summed E-state index contributed by atoms with van der Waals surface area (Å²) in [7, 11) is 0. The van der Waals surface area contributed by atoms with E-state index in [9.17, 15) is 4.79 Å². The number of pyridine rings is 1. The van der Waals surface area contributed by atoms with E-state index < -0.39 is 12.0 Å². The van der Waals surface area contributed by atoms with Gasteiger partial charge in [-0.25, -0.2) is 4.98 Å². The first kappa shape index (κ1) is 11.9. The standard InChI is InChI=1S/C12H11BrN2O2/c1-7(12(16)17)14-11-6-9(13)8-4-2-3-5-10(8)15-11/h2-7H,1H3,(H,14,15)(H,16,17)/t7-/m0/s1. The van der Waals surface area contributed by atoms with Gasteiger partial charge in [0.25, 0.3) is 0 Å². The summed E-state index contributed by atoms with van der Waals surface area (Å²) in [5.41, 5.74) is 0.821. The second-order valence-corrected chi connectivity index (χ2v) is 4.57. The highest BCUT2D eigenvalue weighted by atomic mass is 79.9. The Morgan fingerprint density at radius 3 is 2.88 bits per heavy atom. The van der Waals surface area contributed by atoms with Gasteiger partial charge in [0.05, 0.1) is 5.52 Å². The zero-order valence-electron chi connectivity index (χ0n) is 9.14. The van der Waals surface area contributed by atoms with Crippen molar-refractivity contribution in [3.8, 4) is 0 Å². The van der Waals surface area contributed by atoms with Gasteiger partial charge in [-0.15, -0.1) is 0 Å². The van der Waals surface area contributed by atoms with Crippen molar-refractivity contribution in [3.05, 3.63) is 34.8 Å². The van der Waals surface area contributed by atoms with Crippen LogP contribution in [-0.2, 0) is 4.79 Å². The van der Waals surface area contributed by atoms with Gasteiger partial charge >= 0.3 is 5.97 Å². The van der Waals surface area contributed by atoms with Crippen molar-refractivity contribution in [2.24, 2.45) is 0 Å². The van der Waals surface area contributed by atoms with Crippen LogP contribution in [-0.4, -0.2) is 22.1 Å². The van der Waals surface area contributed by atoms with Crippen LogP contribution in [0.2, 0.25) is 0 Å². The molecule has 2 aromatic rings. The van der Waals surface area contributed by atoms with Gasteiger partial charge in [0.1, 0.15) is 11.9 Å². The van der Waals surface area contributed by atoms with Crippen LogP contribution in [0.4, 0.5) is 5.82 Å². The third-order valence-electron chi connectivity index (χ3n) is 2.40. The number of benzene rings is 1. The fraction of sp³-hybridized carbons (Fsp3) is 0.167. The number of fused-ring (bicyclic) bond motifs is 1. The topological polar surface area (TPSA) is 62.2 Å². The number of nitrogens with zero attached hydrogens (tertiary/aromatic N) is 1. The van der Waals surface area contributed by atoms with E-state index in [1.54, 1.807) is 13.0 Å². The van der Waals surface area contributed by atoms with Gasteiger partial charge < -0.3 is 10.4 Å². The molecule has 0 saturated heterocycles. The van der Waals surface area contributed by atoms with Crippen LogP contribution in [0.3, 0.4) is 0 Å². The molecule has 1 aromatic carbocycles. The number of hydrogen-bond acceptors (Lipinski definition) is 3. The summed E-state index contributed by atoms with van der Waals surface area (Å²) in [6, 6.07) is 8.78. The maximum atomic E-state index is 10.8. The highest BCUT2D eigenvalue weighted by molar-refractivity contribution is 9.10. The van der Waals surface area contributed by atoms with Crippen LogP contribution in [0.15, 0.2) is 34.8 Å². The maximum absolute atomic E-state index is 10.8. The number of rotatable bonds is 3. The number of aromatic nitrogens is 1. The quantitative estimate of drug-likeness (QED) is 0.914. The molecule has 0 fully saturated rings. The molecule has 1 atom stereocenters. The third-order valence-corrected chi connectivity index (χ3v) is 3.06. The van der Waals surface area contributed by atoms with Crippen molar-refractivity contribution in [1.29, 1.82) is 0 Å². The van der Waals surface area contributed by atoms with Crippen molar-refractivity contribution < 1.29 is 9.90 Å². The van der Waals surface area contributed by atoms with Gasteiger partial charge in [-0.1, -0.05) is 18.2 Å². The second kappa shape index (κ2) is 4.71. The maximum Gasteiger partial charge on any atom is 0.325 e. The number of aliphatic carboxylic acids is 1. The van der Waals surface area contributed by atoms with Gasteiger partial charge in [-0.05, 0) is 35.0 Å². The lowest BCUT2D eigenvalue weighted by molar-refractivity contribution is -0.137. The number of halogens is 1. The van der Waals surface area contributed by atoms with E-state index in [4.69, 9.17) is 5.11 Å². The Morgan fingerprint density at radius 2 is 2.18 bits per heavy atom. The van der Waals surface area contributed by atoms with Crippen LogP contribution < -0.4 is 5.32 Å². The minimum absolute atomic E-state index is 0.547. The molecule has 0 radical (unpaired) electrons. The van der Waals surface area contributed by atoms with Gasteiger partial charge in [-0.3, -0.25) is 4.79 Å². The summed E-state index contributed by atoms with van der Waals surface area (Å²) in [6.45, 7) is 1.58. The van der Waals surface area contributed by atoms with Crippen LogP contribution in [0.1, 0.15) is 6.92 Å². The largest absolute Gasteiger partial charge is 0.480 e. The predicted molar refractivity (Wildman–Crippen MR) is 70.2 cm³/mol. The van der Waals surface area contributed by atoms with Gasteiger partial charge in [-0.2, -0.15) is 0 Å². The lowest BCUT2D eigenvalue weighted by atomic mass is 10.2. The van der Waals surface area contributed by atoms with Crippen LogP contribution in [0.25, 0.3) is 10.9 Å². The number of carboxylic acids is 1. The molecule has 5 heteroatoms. The number of carboxylic acid groups (broad SMARTS) is 1. The summed E-state index contributed by atoms with van der Waals surface area (Å²) in [4.78, 5) is 15.1. The van der Waals surface area contributed by atoms with Crippen molar-refractivity contribution in [2.75, 3.05) is 5.32 Å². The third kappa shape index (κ3) is 2.55. The fourth-order valence-electron chi connectivity index (χ4n) is 1.49. The molecule has 0 unspecified atom stereocenters. The number of nitrogens with one attached hydrogen (secondary N) is 1. The van der Waals surface area contributed by atoms with Crippen LogP contribution >= 0.6 is 15.9 Å². The molecule has 0 aliphatic carbocycles. The number of para-hydroxylation sites is 1. The molecule has 0 aliphatic rings. The fourth-order valence-corrected chi connectivity index (χ4v) is 2.04. The van der Waals surface area contributed by atoms with E-state index in [2.05, 4.69) is 26.2 Å². The highest BCUT2D eigenvalue weighted by Gasteiger charge is 2.11. The van der Waals surface area contributed by atoms with Crippen molar-refractivity contribution >= 4 is 38.6 Å². The van der Waals surface area contributed by atoms with Crippen molar-refractivity contribution in [1.82, 2.24) is 4.98 Å². The SMILES string of the molecule is C[C@H](Nc1cc(Br)c2ccccc2n1)C(=O)O.